The first-order valence-electron chi connectivity index (χ1n) is 7.47. The van der Waals surface area contributed by atoms with Crippen LogP contribution in [0, 0.1) is 24.0 Å². The lowest BCUT2D eigenvalue weighted by molar-refractivity contribution is -0.384. The van der Waals surface area contributed by atoms with E-state index in [1.807, 2.05) is 19.1 Å². The first-order chi connectivity index (χ1) is 11.7. The van der Waals surface area contributed by atoms with Crippen molar-refractivity contribution in [2.45, 2.75) is 26.9 Å². The number of esters is 1. The Morgan fingerprint density at radius 3 is 2.40 bits per heavy atom. The molecule has 2 aromatic carbocycles. The molecule has 0 amide bonds. The summed E-state index contributed by atoms with van der Waals surface area (Å²) in [4.78, 5) is 34.8. The van der Waals surface area contributed by atoms with Gasteiger partial charge >= 0.3 is 5.97 Å². The number of nitrogens with zero attached hydrogens (tertiary/aromatic N) is 1. The van der Waals surface area contributed by atoms with Crippen molar-refractivity contribution in [2.75, 3.05) is 0 Å². The minimum Gasteiger partial charge on any atom is -0.451 e. The van der Waals surface area contributed by atoms with E-state index >= 15 is 0 Å². The summed E-state index contributed by atoms with van der Waals surface area (Å²) in [7, 11) is 0. The van der Waals surface area contributed by atoms with E-state index in [1.54, 1.807) is 13.0 Å². The highest BCUT2D eigenvalue weighted by molar-refractivity contribution is 6.33. The SMILES string of the molecule is Cc1ccc(C)c(C(=O)[C@H](C)OC(=O)c2ccc([N+](=O)[O-])cc2Cl)c1. The molecule has 7 heteroatoms. The van der Waals surface area contributed by atoms with Gasteiger partial charge in [0, 0.05) is 17.7 Å². The van der Waals surface area contributed by atoms with Crippen LogP contribution in [0.15, 0.2) is 36.4 Å². The van der Waals surface area contributed by atoms with Crippen molar-refractivity contribution in [1.82, 2.24) is 0 Å². The quantitative estimate of drug-likeness (QED) is 0.343. The fraction of sp³-hybridized carbons (Fsp3) is 0.222. The smallest absolute Gasteiger partial charge is 0.340 e. The Morgan fingerprint density at radius 1 is 1.12 bits per heavy atom. The topological polar surface area (TPSA) is 86.5 Å². The number of Topliss-reactive ketones (excluding diaryl/α,β-unsaturated/α-hetero) is 1. The number of ketones is 1. The van der Waals surface area contributed by atoms with E-state index < -0.39 is 17.0 Å². The normalized spacial score (nSPS) is 11.7. The van der Waals surface area contributed by atoms with Crippen LogP contribution in [0.5, 0.6) is 0 Å². The standard InChI is InChI=1S/C18H16ClNO5/c1-10-4-5-11(2)15(8-10)17(21)12(3)25-18(22)14-7-6-13(20(23)24)9-16(14)19/h4-9,12H,1-3H3/t12-/m0/s1. The fourth-order valence-corrected chi connectivity index (χ4v) is 2.53. The van der Waals surface area contributed by atoms with Crippen LogP contribution in [0.1, 0.15) is 38.8 Å². The second-order valence-electron chi connectivity index (χ2n) is 5.65. The number of aryl methyl sites for hydroxylation is 2. The molecule has 0 aliphatic carbocycles. The number of hydrogen-bond donors (Lipinski definition) is 0. The molecule has 0 spiro atoms. The van der Waals surface area contributed by atoms with Gasteiger partial charge in [0.25, 0.3) is 5.69 Å². The van der Waals surface area contributed by atoms with Gasteiger partial charge in [-0.2, -0.15) is 0 Å². The van der Waals surface area contributed by atoms with Gasteiger partial charge in [0.15, 0.2) is 6.10 Å². The summed E-state index contributed by atoms with van der Waals surface area (Å²) in [5.74, 6) is -1.14. The molecule has 0 fully saturated rings. The Hall–Kier alpha value is -2.73. The Kier molecular flexibility index (Phi) is 5.54. The summed E-state index contributed by atoms with van der Waals surface area (Å²) in [5, 5.41) is 10.6. The van der Waals surface area contributed by atoms with Crippen LogP contribution < -0.4 is 0 Å². The maximum absolute atomic E-state index is 12.5. The molecule has 0 aromatic heterocycles. The average Bonchev–Trinajstić information content (AvgIpc) is 2.55. The van der Waals surface area contributed by atoms with Gasteiger partial charge < -0.3 is 4.74 Å². The van der Waals surface area contributed by atoms with Crippen molar-refractivity contribution in [1.29, 1.82) is 0 Å². The maximum Gasteiger partial charge on any atom is 0.340 e. The maximum atomic E-state index is 12.5. The number of non-ortho nitro benzene ring substituents is 1. The number of nitro benzene ring substituents is 1. The van der Waals surface area contributed by atoms with Crippen LogP contribution in [0.25, 0.3) is 0 Å². The van der Waals surface area contributed by atoms with E-state index in [0.29, 0.717) is 5.56 Å². The van der Waals surface area contributed by atoms with Crippen molar-refractivity contribution < 1.29 is 19.2 Å². The van der Waals surface area contributed by atoms with Gasteiger partial charge in [-0.15, -0.1) is 0 Å². The highest BCUT2D eigenvalue weighted by Gasteiger charge is 2.23. The minimum atomic E-state index is -1.01. The zero-order valence-electron chi connectivity index (χ0n) is 13.9. The number of rotatable bonds is 5. The van der Waals surface area contributed by atoms with Gasteiger partial charge in [0.1, 0.15) is 0 Å². The van der Waals surface area contributed by atoms with Crippen molar-refractivity contribution in [3.63, 3.8) is 0 Å². The van der Waals surface area contributed by atoms with Crippen LogP contribution in [0.2, 0.25) is 5.02 Å². The number of ether oxygens (including phenoxy) is 1. The molecule has 2 rings (SSSR count). The molecular weight excluding hydrogens is 346 g/mol. The Labute approximate surface area is 149 Å². The first-order valence-corrected chi connectivity index (χ1v) is 7.85. The van der Waals surface area contributed by atoms with Gasteiger partial charge in [0.05, 0.1) is 15.5 Å². The molecule has 0 aliphatic rings. The third-order valence-electron chi connectivity index (χ3n) is 3.69. The summed E-state index contributed by atoms with van der Waals surface area (Å²) < 4.78 is 5.19. The first kappa shape index (κ1) is 18.6. The molecule has 2 aromatic rings. The van der Waals surface area contributed by atoms with E-state index in [9.17, 15) is 19.7 Å². The fourth-order valence-electron chi connectivity index (χ4n) is 2.28. The summed E-state index contributed by atoms with van der Waals surface area (Å²) in [6.07, 6.45) is -1.01. The molecule has 130 valence electrons. The molecular formula is C18H16ClNO5. The molecule has 0 saturated carbocycles. The molecule has 0 unspecified atom stereocenters. The third kappa shape index (κ3) is 4.22. The number of carbonyl (C=O) groups is 2. The van der Waals surface area contributed by atoms with Gasteiger partial charge in [-0.05, 0) is 38.5 Å². The Bertz CT molecular complexity index is 863. The van der Waals surface area contributed by atoms with Crippen LogP contribution in [-0.2, 0) is 4.74 Å². The van der Waals surface area contributed by atoms with Crippen molar-refractivity contribution in [2.24, 2.45) is 0 Å². The van der Waals surface area contributed by atoms with Gasteiger partial charge in [-0.1, -0.05) is 29.3 Å². The summed E-state index contributed by atoms with van der Waals surface area (Å²) in [5.41, 5.74) is 1.92. The Balaban J connectivity index is 2.18. The number of halogens is 1. The molecule has 6 nitrogen and oxygen atoms in total. The zero-order valence-corrected chi connectivity index (χ0v) is 14.7. The number of benzene rings is 2. The predicted molar refractivity (Wildman–Crippen MR) is 93.2 cm³/mol. The highest BCUT2D eigenvalue weighted by Crippen LogP contribution is 2.24. The summed E-state index contributed by atoms with van der Waals surface area (Å²) in [6, 6.07) is 8.87. The lowest BCUT2D eigenvalue weighted by atomic mass is 9.99. The number of nitro groups is 1. The second kappa shape index (κ2) is 7.44. The van der Waals surface area contributed by atoms with Crippen molar-refractivity contribution in [3.8, 4) is 0 Å². The summed E-state index contributed by atoms with van der Waals surface area (Å²) in [6.45, 7) is 5.14. The number of carbonyl (C=O) groups excluding carboxylic acids is 2. The van der Waals surface area contributed by atoms with Crippen LogP contribution in [0.4, 0.5) is 5.69 Å². The highest BCUT2D eigenvalue weighted by atomic mass is 35.5. The van der Waals surface area contributed by atoms with Gasteiger partial charge in [-0.3, -0.25) is 14.9 Å². The molecule has 0 radical (unpaired) electrons. The van der Waals surface area contributed by atoms with Crippen molar-refractivity contribution >= 4 is 29.0 Å². The Morgan fingerprint density at radius 2 is 1.80 bits per heavy atom. The monoisotopic (exact) mass is 361 g/mol. The minimum absolute atomic E-state index is 0.0344. The lowest BCUT2D eigenvalue weighted by Gasteiger charge is -2.14. The van der Waals surface area contributed by atoms with Gasteiger partial charge in [-0.25, -0.2) is 4.79 Å². The second-order valence-corrected chi connectivity index (χ2v) is 6.06. The van der Waals surface area contributed by atoms with Crippen LogP contribution in [0.3, 0.4) is 0 Å². The van der Waals surface area contributed by atoms with Gasteiger partial charge in [0.2, 0.25) is 5.78 Å². The average molecular weight is 362 g/mol. The van der Waals surface area contributed by atoms with Crippen LogP contribution in [-0.4, -0.2) is 22.8 Å². The zero-order chi connectivity index (χ0) is 18.7. The van der Waals surface area contributed by atoms with E-state index in [1.165, 1.54) is 13.0 Å². The molecule has 0 saturated heterocycles. The predicted octanol–water partition coefficient (Wildman–Crippen LogP) is 4.29. The van der Waals surface area contributed by atoms with Crippen molar-refractivity contribution in [3.05, 3.63) is 73.8 Å². The van der Waals surface area contributed by atoms with E-state index in [-0.39, 0.29) is 22.1 Å². The molecule has 0 aliphatic heterocycles. The summed E-state index contributed by atoms with van der Waals surface area (Å²) >= 11 is 5.90. The van der Waals surface area contributed by atoms with Crippen LogP contribution >= 0.6 is 11.6 Å². The molecule has 0 heterocycles. The van der Waals surface area contributed by atoms with E-state index in [4.69, 9.17) is 16.3 Å². The molecule has 1 atom stereocenters. The lowest BCUT2D eigenvalue weighted by Crippen LogP contribution is -2.25. The third-order valence-corrected chi connectivity index (χ3v) is 4.01. The largest absolute Gasteiger partial charge is 0.451 e. The molecule has 0 N–H and O–H groups in total. The van der Waals surface area contributed by atoms with E-state index in [0.717, 1.165) is 23.3 Å². The number of hydrogen-bond acceptors (Lipinski definition) is 5. The molecule has 0 bridgehead atoms. The molecule has 25 heavy (non-hydrogen) atoms. The van der Waals surface area contributed by atoms with E-state index in [2.05, 4.69) is 0 Å².